The van der Waals surface area contributed by atoms with Crippen LogP contribution in [0.15, 0.2) is 0 Å². The average Bonchev–Trinajstić information content (AvgIpc) is 2.63. The van der Waals surface area contributed by atoms with Gasteiger partial charge in [0.1, 0.15) is 0 Å². The summed E-state index contributed by atoms with van der Waals surface area (Å²) in [5.74, 6) is 1.69. The Labute approximate surface area is 159 Å². The summed E-state index contributed by atoms with van der Waals surface area (Å²) in [7, 11) is 0. The zero-order valence-electron chi connectivity index (χ0n) is 17.7. The van der Waals surface area contributed by atoms with E-state index in [-0.39, 0.29) is 0 Å². The van der Waals surface area contributed by atoms with Crippen molar-refractivity contribution in [3.8, 4) is 0 Å². The van der Waals surface area contributed by atoms with Gasteiger partial charge in [-0.2, -0.15) is 0 Å². The van der Waals surface area contributed by atoms with Gasteiger partial charge in [0.15, 0.2) is 0 Å². The van der Waals surface area contributed by atoms with Crippen LogP contribution in [-0.2, 0) is 0 Å². The molecule has 1 saturated carbocycles. The minimum absolute atomic E-state index is 0.436. The highest BCUT2D eigenvalue weighted by molar-refractivity contribution is 4.79. The molecule has 1 nitrogen and oxygen atoms in total. The lowest BCUT2D eigenvalue weighted by molar-refractivity contribution is 0.215. The van der Waals surface area contributed by atoms with Gasteiger partial charge in [-0.15, -0.1) is 0 Å². The van der Waals surface area contributed by atoms with Gasteiger partial charge in [0.05, 0.1) is 0 Å². The van der Waals surface area contributed by atoms with E-state index in [1.807, 2.05) is 0 Å². The maximum Gasteiger partial charge on any atom is 0.00671 e. The molecule has 2 unspecified atom stereocenters. The number of unbranched alkanes of at least 4 members (excludes halogenated alkanes) is 3. The maximum atomic E-state index is 6.62. The Hall–Kier alpha value is -0.0400. The second kappa shape index (κ2) is 16.2. The molecule has 1 rings (SSSR count). The molecule has 0 bridgehead atoms. The molecular weight excluding hydrogens is 302 g/mol. The third-order valence-electron chi connectivity index (χ3n) is 6.67. The van der Waals surface area contributed by atoms with Crippen molar-refractivity contribution in [2.75, 3.05) is 0 Å². The predicted octanol–water partition coefficient (Wildman–Crippen LogP) is 8.01. The Morgan fingerprint density at radius 2 is 1.16 bits per heavy atom. The molecule has 0 aliphatic heterocycles. The number of rotatable bonds is 8. The minimum Gasteiger partial charge on any atom is -0.327 e. The summed E-state index contributed by atoms with van der Waals surface area (Å²) in [4.78, 5) is 0. The SMILES string of the molecule is CCCCCCC(C(N)CC)C1CCCCCCCCCCCCC1. The van der Waals surface area contributed by atoms with Gasteiger partial charge in [0.25, 0.3) is 0 Å². The van der Waals surface area contributed by atoms with Crippen molar-refractivity contribution >= 4 is 0 Å². The molecule has 0 heterocycles. The standard InChI is InChI=1S/C24H49N/c1-3-5-6-18-21-23(24(25)4-2)22-19-16-14-12-10-8-7-9-11-13-15-17-20-22/h22-24H,3-21,25H2,1-2H3. The zero-order chi connectivity index (χ0) is 18.2. The molecule has 0 radical (unpaired) electrons. The van der Waals surface area contributed by atoms with Crippen LogP contribution in [0.1, 0.15) is 136 Å². The van der Waals surface area contributed by atoms with Crippen molar-refractivity contribution in [3.63, 3.8) is 0 Å². The summed E-state index contributed by atoms with van der Waals surface area (Å²) >= 11 is 0. The summed E-state index contributed by atoms with van der Waals surface area (Å²) in [6, 6.07) is 0.436. The van der Waals surface area contributed by atoms with Gasteiger partial charge in [-0.05, 0) is 24.7 Å². The molecule has 1 aliphatic rings. The lowest BCUT2D eigenvalue weighted by Crippen LogP contribution is -2.35. The molecule has 0 saturated heterocycles. The summed E-state index contributed by atoms with van der Waals surface area (Å²) in [6.07, 6.45) is 27.1. The lowest BCUT2D eigenvalue weighted by atomic mass is 9.76. The quantitative estimate of drug-likeness (QED) is 0.440. The summed E-state index contributed by atoms with van der Waals surface area (Å²) in [5.41, 5.74) is 6.62. The van der Waals surface area contributed by atoms with Crippen LogP contribution in [0.25, 0.3) is 0 Å². The molecule has 2 atom stereocenters. The summed E-state index contributed by atoms with van der Waals surface area (Å²) in [5, 5.41) is 0. The number of nitrogens with two attached hydrogens (primary N) is 1. The Morgan fingerprint density at radius 1 is 0.680 bits per heavy atom. The first-order valence-corrected chi connectivity index (χ1v) is 12.0. The maximum absolute atomic E-state index is 6.62. The van der Waals surface area contributed by atoms with Crippen LogP contribution >= 0.6 is 0 Å². The Bertz CT molecular complexity index is 261. The predicted molar refractivity (Wildman–Crippen MR) is 114 cm³/mol. The van der Waals surface area contributed by atoms with Gasteiger partial charge < -0.3 is 5.73 Å². The molecule has 0 aromatic carbocycles. The van der Waals surface area contributed by atoms with Crippen LogP contribution in [0, 0.1) is 11.8 Å². The van der Waals surface area contributed by atoms with Crippen LogP contribution in [0.2, 0.25) is 0 Å². The second-order valence-corrected chi connectivity index (χ2v) is 8.81. The van der Waals surface area contributed by atoms with E-state index >= 15 is 0 Å². The number of hydrogen-bond acceptors (Lipinski definition) is 1. The molecular formula is C24H49N. The van der Waals surface area contributed by atoms with Crippen molar-refractivity contribution in [1.29, 1.82) is 0 Å². The van der Waals surface area contributed by atoms with E-state index in [1.54, 1.807) is 0 Å². The van der Waals surface area contributed by atoms with Crippen molar-refractivity contribution < 1.29 is 0 Å². The molecule has 25 heavy (non-hydrogen) atoms. The smallest absolute Gasteiger partial charge is 0.00671 e. The Kier molecular flexibility index (Phi) is 14.9. The van der Waals surface area contributed by atoms with Crippen LogP contribution in [0.4, 0.5) is 0 Å². The molecule has 1 heteroatoms. The zero-order valence-corrected chi connectivity index (χ0v) is 17.7. The summed E-state index contributed by atoms with van der Waals surface area (Å²) in [6.45, 7) is 4.61. The number of hydrogen-bond donors (Lipinski definition) is 1. The van der Waals surface area contributed by atoms with E-state index in [4.69, 9.17) is 5.73 Å². The van der Waals surface area contributed by atoms with E-state index in [2.05, 4.69) is 13.8 Å². The van der Waals surface area contributed by atoms with Crippen molar-refractivity contribution in [2.24, 2.45) is 17.6 Å². The van der Waals surface area contributed by atoms with Crippen LogP contribution in [0.5, 0.6) is 0 Å². The molecule has 1 aliphatic carbocycles. The van der Waals surface area contributed by atoms with Gasteiger partial charge in [0.2, 0.25) is 0 Å². The molecule has 0 aromatic heterocycles. The highest BCUT2D eigenvalue weighted by Crippen LogP contribution is 2.32. The molecule has 0 aromatic rings. The first kappa shape index (κ1) is 23.0. The van der Waals surface area contributed by atoms with E-state index in [0.29, 0.717) is 6.04 Å². The van der Waals surface area contributed by atoms with Gasteiger partial charge >= 0.3 is 0 Å². The van der Waals surface area contributed by atoms with E-state index < -0.39 is 0 Å². The van der Waals surface area contributed by atoms with E-state index in [9.17, 15) is 0 Å². The fraction of sp³-hybridized carbons (Fsp3) is 1.00. The van der Waals surface area contributed by atoms with Crippen LogP contribution in [0.3, 0.4) is 0 Å². The largest absolute Gasteiger partial charge is 0.327 e. The van der Waals surface area contributed by atoms with Crippen LogP contribution in [-0.4, -0.2) is 6.04 Å². The van der Waals surface area contributed by atoms with Gasteiger partial charge in [-0.1, -0.05) is 123 Å². The van der Waals surface area contributed by atoms with E-state index in [0.717, 1.165) is 18.3 Å². The normalized spacial score (nSPS) is 22.2. The van der Waals surface area contributed by atoms with Gasteiger partial charge in [-0.25, -0.2) is 0 Å². The third-order valence-corrected chi connectivity index (χ3v) is 6.67. The first-order chi connectivity index (χ1) is 12.3. The highest BCUT2D eigenvalue weighted by atomic mass is 14.7. The fourth-order valence-electron chi connectivity index (χ4n) is 4.89. The summed E-state index contributed by atoms with van der Waals surface area (Å²) < 4.78 is 0. The van der Waals surface area contributed by atoms with E-state index in [1.165, 1.54) is 116 Å². The lowest BCUT2D eigenvalue weighted by Gasteiger charge is -2.32. The second-order valence-electron chi connectivity index (χ2n) is 8.81. The van der Waals surface area contributed by atoms with Crippen molar-refractivity contribution in [1.82, 2.24) is 0 Å². The first-order valence-electron chi connectivity index (χ1n) is 12.0. The van der Waals surface area contributed by atoms with Gasteiger partial charge in [0, 0.05) is 6.04 Å². The average molecular weight is 352 g/mol. The highest BCUT2D eigenvalue weighted by Gasteiger charge is 2.25. The van der Waals surface area contributed by atoms with Crippen LogP contribution < -0.4 is 5.73 Å². The molecule has 1 fully saturated rings. The molecule has 0 spiro atoms. The third kappa shape index (κ3) is 11.3. The molecule has 0 amide bonds. The molecule has 150 valence electrons. The fourth-order valence-corrected chi connectivity index (χ4v) is 4.89. The topological polar surface area (TPSA) is 26.0 Å². The van der Waals surface area contributed by atoms with Crippen molar-refractivity contribution in [2.45, 2.75) is 142 Å². The van der Waals surface area contributed by atoms with Crippen molar-refractivity contribution in [3.05, 3.63) is 0 Å². The van der Waals surface area contributed by atoms with Gasteiger partial charge in [-0.3, -0.25) is 0 Å². The molecule has 2 N–H and O–H groups in total. The Balaban J connectivity index is 2.54. The Morgan fingerprint density at radius 3 is 1.60 bits per heavy atom. The monoisotopic (exact) mass is 351 g/mol. The minimum atomic E-state index is 0.436.